The molecule has 3 unspecified atom stereocenters. The van der Waals surface area contributed by atoms with E-state index in [0.29, 0.717) is 16.7 Å². The minimum Gasteiger partial charge on any atom is -0.338 e. The van der Waals surface area contributed by atoms with Crippen molar-refractivity contribution in [1.29, 1.82) is 0 Å². The first kappa shape index (κ1) is 13.8. The molecule has 3 rings (SSSR count). The van der Waals surface area contributed by atoms with E-state index in [4.69, 9.17) is 21.9 Å². The van der Waals surface area contributed by atoms with Gasteiger partial charge < -0.3 is 10.3 Å². The predicted octanol–water partition coefficient (Wildman–Crippen LogP) is 1.56. The number of thioether (sulfide) groups is 1. The maximum absolute atomic E-state index is 6.01. The number of hydrazine groups is 1. The fourth-order valence-corrected chi connectivity index (χ4v) is 3.01. The molecule has 2 aromatic rings. The van der Waals surface area contributed by atoms with Gasteiger partial charge in [-0.2, -0.15) is 4.98 Å². The van der Waals surface area contributed by atoms with Gasteiger partial charge in [0, 0.05) is 10.6 Å². The number of rotatable bonds is 3. The Morgan fingerprint density at radius 2 is 2.05 bits per heavy atom. The highest BCUT2D eigenvalue weighted by atomic mass is 35.5. The van der Waals surface area contributed by atoms with E-state index in [-0.39, 0.29) is 17.5 Å². The number of hydrogen-bond donors (Lipinski definition) is 3. The molecule has 0 spiro atoms. The molecule has 0 bridgehead atoms. The molecular formula is C12H14ClN5OS. The predicted molar refractivity (Wildman–Crippen MR) is 79.0 cm³/mol. The lowest BCUT2D eigenvalue weighted by molar-refractivity contribution is 0.344. The van der Waals surface area contributed by atoms with Gasteiger partial charge in [0.2, 0.25) is 11.7 Å². The fourth-order valence-electron chi connectivity index (χ4n) is 2.12. The first-order valence-electron chi connectivity index (χ1n) is 6.08. The number of hydrogen-bond acceptors (Lipinski definition) is 7. The highest BCUT2D eigenvalue weighted by Crippen LogP contribution is 2.30. The van der Waals surface area contributed by atoms with E-state index in [1.54, 1.807) is 23.9 Å². The molecule has 8 heteroatoms. The summed E-state index contributed by atoms with van der Waals surface area (Å²) in [6.45, 7) is 0. The van der Waals surface area contributed by atoms with Crippen molar-refractivity contribution in [3.05, 3.63) is 35.2 Å². The number of aromatic nitrogens is 2. The Balaban J connectivity index is 1.88. The van der Waals surface area contributed by atoms with Gasteiger partial charge in [0.05, 0.1) is 17.5 Å². The van der Waals surface area contributed by atoms with Gasteiger partial charge >= 0.3 is 0 Å². The molecule has 20 heavy (non-hydrogen) atoms. The minimum absolute atomic E-state index is 0.0708. The first-order valence-corrected chi connectivity index (χ1v) is 7.74. The molecule has 6 nitrogen and oxygen atoms in total. The number of halogens is 1. The summed E-state index contributed by atoms with van der Waals surface area (Å²) in [5.41, 5.74) is 13.0. The minimum atomic E-state index is -0.258. The number of benzene rings is 1. The van der Waals surface area contributed by atoms with Crippen molar-refractivity contribution in [2.75, 3.05) is 6.26 Å². The Hall–Kier alpha value is -1.12. The van der Waals surface area contributed by atoms with Crippen molar-refractivity contribution >= 4 is 23.4 Å². The molecule has 0 radical (unpaired) electrons. The third kappa shape index (κ3) is 2.55. The molecule has 1 saturated heterocycles. The van der Waals surface area contributed by atoms with Crippen molar-refractivity contribution in [3.8, 4) is 11.4 Å². The summed E-state index contributed by atoms with van der Waals surface area (Å²) in [5.74, 6) is 0.994. The molecule has 4 N–H and O–H groups in total. The average molecular weight is 312 g/mol. The second kappa shape index (κ2) is 5.71. The van der Waals surface area contributed by atoms with Crippen molar-refractivity contribution in [2.45, 2.75) is 17.5 Å². The van der Waals surface area contributed by atoms with E-state index in [1.165, 1.54) is 0 Å². The van der Waals surface area contributed by atoms with Crippen LogP contribution < -0.4 is 16.6 Å². The van der Waals surface area contributed by atoms with Crippen LogP contribution in [0.15, 0.2) is 28.8 Å². The van der Waals surface area contributed by atoms with Crippen LogP contribution in [0.5, 0.6) is 0 Å². The lowest BCUT2D eigenvalue weighted by Crippen LogP contribution is -2.38. The molecule has 2 heterocycles. The van der Waals surface area contributed by atoms with Crippen molar-refractivity contribution in [1.82, 2.24) is 21.0 Å². The smallest absolute Gasteiger partial charge is 0.235 e. The summed E-state index contributed by atoms with van der Waals surface area (Å²) >= 11 is 7.51. The van der Waals surface area contributed by atoms with Gasteiger partial charge in [0.15, 0.2) is 0 Å². The van der Waals surface area contributed by atoms with Crippen LogP contribution in [0.3, 0.4) is 0 Å². The first-order chi connectivity index (χ1) is 9.69. The number of nitrogens with zero attached hydrogens (tertiary/aromatic N) is 2. The van der Waals surface area contributed by atoms with E-state index in [9.17, 15) is 0 Å². The summed E-state index contributed by atoms with van der Waals surface area (Å²) in [6.07, 6.45) is 1.74. The Morgan fingerprint density at radius 3 is 2.75 bits per heavy atom. The third-order valence-electron chi connectivity index (χ3n) is 3.19. The fraction of sp³-hybridized carbons (Fsp3) is 0.333. The van der Waals surface area contributed by atoms with Gasteiger partial charge in [-0.15, -0.1) is 11.8 Å². The van der Waals surface area contributed by atoms with Crippen molar-refractivity contribution in [3.63, 3.8) is 0 Å². The molecule has 106 valence electrons. The van der Waals surface area contributed by atoms with E-state index in [2.05, 4.69) is 21.0 Å². The quantitative estimate of drug-likeness (QED) is 0.792. The zero-order valence-electron chi connectivity index (χ0n) is 10.7. The number of nitrogens with one attached hydrogen (secondary N) is 2. The van der Waals surface area contributed by atoms with Crippen LogP contribution in [0.25, 0.3) is 11.4 Å². The molecular weight excluding hydrogens is 298 g/mol. The standard InChI is InChI=1S/C12H14ClN5OS/c1-20-12-8(9(14)16-17-12)11-15-10(18-19-11)6-2-4-7(13)5-3-6/h2-5,8-9,12,16-17H,14H2,1H3. The lowest BCUT2D eigenvalue weighted by Gasteiger charge is -2.14. The van der Waals surface area contributed by atoms with Crippen molar-refractivity contribution in [2.24, 2.45) is 5.73 Å². The molecule has 3 atom stereocenters. The second-order valence-electron chi connectivity index (χ2n) is 4.46. The molecule has 1 fully saturated rings. The Morgan fingerprint density at radius 1 is 1.30 bits per heavy atom. The summed E-state index contributed by atoms with van der Waals surface area (Å²) in [6, 6.07) is 7.30. The number of nitrogens with two attached hydrogens (primary N) is 1. The van der Waals surface area contributed by atoms with E-state index < -0.39 is 0 Å². The summed E-state index contributed by atoms with van der Waals surface area (Å²) in [4.78, 5) is 4.45. The normalized spacial score (nSPS) is 26.1. The van der Waals surface area contributed by atoms with Gasteiger partial charge in [-0.05, 0) is 30.5 Å². The molecule has 0 aliphatic carbocycles. The third-order valence-corrected chi connectivity index (χ3v) is 4.36. The molecule has 1 aromatic heterocycles. The van der Waals surface area contributed by atoms with E-state index in [0.717, 1.165) is 5.56 Å². The van der Waals surface area contributed by atoms with Crippen LogP contribution in [0, 0.1) is 0 Å². The van der Waals surface area contributed by atoms with Gasteiger partial charge in [-0.1, -0.05) is 16.8 Å². The largest absolute Gasteiger partial charge is 0.338 e. The maximum atomic E-state index is 6.01. The van der Waals surface area contributed by atoms with Crippen LogP contribution in [0.1, 0.15) is 11.8 Å². The highest BCUT2D eigenvalue weighted by molar-refractivity contribution is 7.99. The molecule has 0 saturated carbocycles. The van der Waals surface area contributed by atoms with E-state index in [1.807, 2.05) is 18.4 Å². The van der Waals surface area contributed by atoms with Crippen LogP contribution in [0.4, 0.5) is 0 Å². The molecule has 1 aliphatic rings. The Bertz CT molecular complexity index is 590. The topological polar surface area (TPSA) is 89.0 Å². The molecule has 0 amide bonds. The van der Waals surface area contributed by atoms with Crippen LogP contribution in [0.2, 0.25) is 5.02 Å². The SMILES string of the molecule is CSC1NNC(N)C1c1nc(-c2ccc(Cl)cc2)no1. The van der Waals surface area contributed by atoms with Gasteiger partial charge in [0.1, 0.15) is 0 Å². The zero-order valence-corrected chi connectivity index (χ0v) is 12.3. The van der Waals surface area contributed by atoms with Gasteiger partial charge in [-0.3, -0.25) is 0 Å². The van der Waals surface area contributed by atoms with Crippen LogP contribution in [-0.4, -0.2) is 27.9 Å². The summed E-state index contributed by atoms with van der Waals surface area (Å²) < 4.78 is 5.37. The maximum Gasteiger partial charge on any atom is 0.235 e. The summed E-state index contributed by atoms with van der Waals surface area (Å²) in [7, 11) is 0. The highest BCUT2D eigenvalue weighted by Gasteiger charge is 2.38. The zero-order chi connectivity index (χ0) is 14.1. The van der Waals surface area contributed by atoms with Crippen molar-refractivity contribution < 1.29 is 4.52 Å². The Kier molecular flexibility index (Phi) is 3.95. The van der Waals surface area contributed by atoms with Crippen LogP contribution in [-0.2, 0) is 0 Å². The van der Waals surface area contributed by atoms with Crippen LogP contribution >= 0.6 is 23.4 Å². The molecule has 1 aliphatic heterocycles. The average Bonchev–Trinajstić information content (AvgIpc) is 3.05. The summed E-state index contributed by atoms with van der Waals surface area (Å²) in [5, 5.41) is 4.79. The monoisotopic (exact) mass is 311 g/mol. The second-order valence-corrected chi connectivity index (χ2v) is 5.88. The van der Waals surface area contributed by atoms with Gasteiger partial charge in [0.25, 0.3) is 0 Å². The van der Waals surface area contributed by atoms with E-state index >= 15 is 0 Å². The lowest BCUT2D eigenvalue weighted by atomic mass is 10.1. The van der Waals surface area contributed by atoms with Gasteiger partial charge in [-0.25, -0.2) is 10.9 Å². The molecule has 1 aromatic carbocycles. The Labute approximate surface area is 125 Å².